The van der Waals surface area contributed by atoms with Crippen molar-refractivity contribution in [3.05, 3.63) is 78.1 Å². The highest BCUT2D eigenvalue weighted by molar-refractivity contribution is 8.00. The van der Waals surface area contributed by atoms with Crippen molar-refractivity contribution >= 4 is 23.6 Å². The van der Waals surface area contributed by atoms with Gasteiger partial charge in [-0.1, -0.05) is 30.3 Å². The molecule has 3 aliphatic rings. The van der Waals surface area contributed by atoms with Gasteiger partial charge in [-0.05, 0) is 24.3 Å². The maximum Gasteiger partial charge on any atom is 0.203 e. The van der Waals surface area contributed by atoms with Crippen molar-refractivity contribution in [3.63, 3.8) is 0 Å². The van der Waals surface area contributed by atoms with Gasteiger partial charge in [0, 0.05) is 32.0 Å². The van der Waals surface area contributed by atoms with Crippen molar-refractivity contribution in [3.8, 4) is 5.88 Å². The van der Waals surface area contributed by atoms with Crippen LogP contribution in [0.25, 0.3) is 11.8 Å². The monoisotopic (exact) mass is 337 g/mol. The normalized spacial score (nSPS) is 12.9. The van der Waals surface area contributed by atoms with Gasteiger partial charge in [0.2, 0.25) is 5.88 Å². The van der Waals surface area contributed by atoms with Crippen molar-refractivity contribution in [1.82, 2.24) is 4.98 Å². The van der Waals surface area contributed by atoms with Crippen molar-refractivity contribution in [2.75, 3.05) is 5.75 Å². The van der Waals surface area contributed by atoms with Gasteiger partial charge in [-0.3, -0.25) is 4.79 Å². The molecule has 1 aromatic rings. The molecule has 0 bridgehead atoms. The summed E-state index contributed by atoms with van der Waals surface area (Å²) in [6.45, 7) is 1.63. The van der Waals surface area contributed by atoms with E-state index in [4.69, 9.17) is 0 Å². The van der Waals surface area contributed by atoms with E-state index in [2.05, 4.69) is 4.98 Å². The second-order valence-corrected chi connectivity index (χ2v) is 6.79. The van der Waals surface area contributed by atoms with Crippen LogP contribution in [0.5, 0.6) is 5.88 Å². The van der Waals surface area contributed by atoms with E-state index >= 15 is 0 Å². The van der Waals surface area contributed by atoms with Gasteiger partial charge in [0.1, 0.15) is 0 Å². The van der Waals surface area contributed by atoms with E-state index in [-0.39, 0.29) is 17.1 Å². The van der Waals surface area contributed by atoms with Crippen molar-refractivity contribution in [1.29, 1.82) is 0 Å². The predicted octanol–water partition coefficient (Wildman–Crippen LogP) is 1.66. The molecule has 0 spiro atoms. The SMILES string of the molecule is CC(O)=c1ccc(=c2c(=O)ccc3[nH]c(O)c4c(c2=3)=CCS4)cc1. The lowest BCUT2D eigenvalue weighted by Gasteiger charge is -2.03. The van der Waals surface area contributed by atoms with E-state index in [0.717, 1.165) is 36.9 Å². The van der Waals surface area contributed by atoms with Crippen molar-refractivity contribution < 1.29 is 10.2 Å². The zero-order chi connectivity index (χ0) is 16.8. The number of aliphatic hydroxyl groups excluding tert-OH is 1. The Bertz CT molecular complexity index is 1280. The number of rotatable bonds is 0. The Balaban J connectivity index is 2.36. The molecule has 4 nitrogen and oxygen atoms in total. The van der Waals surface area contributed by atoms with Crippen LogP contribution >= 0.6 is 11.8 Å². The number of aromatic hydroxyl groups is 1. The summed E-state index contributed by atoms with van der Waals surface area (Å²) in [6, 6.07) is 10.5. The highest BCUT2D eigenvalue weighted by atomic mass is 32.2. The van der Waals surface area contributed by atoms with Gasteiger partial charge in [0.05, 0.1) is 10.7 Å². The first-order valence-corrected chi connectivity index (χ1v) is 8.56. The lowest BCUT2D eigenvalue weighted by Crippen LogP contribution is -2.14. The maximum atomic E-state index is 12.6. The molecule has 4 rings (SSSR count). The number of fused-ring (bicyclic) bond motifs is 2. The molecule has 0 atom stereocenters. The average molecular weight is 337 g/mol. The highest BCUT2D eigenvalue weighted by Gasteiger charge is 2.13. The van der Waals surface area contributed by atoms with Gasteiger partial charge in [0.15, 0.2) is 5.43 Å². The maximum absolute atomic E-state index is 12.6. The molecule has 120 valence electrons. The zero-order valence-electron chi connectivity index (χ0n) is 13.0. The van der Waals surface area contributed by atoms with Crippen LogP contribution in [0.15, 0.2) is 46.1 Å². The van der Waals surface area contributed by atoms with Crippen LogP contribution in [0.4, 0.5) is 0 Å². The van der Waals surface area contributed by atoms with E-state index in [9.17, 15) is 15.0 Å². The first-order valence-electron chi connectivity index (χ1n) is 7.57. The molecule has 0 aromatic heterocycles. The predicted molar refractivity (Wildman–Crippen MR) is 94.3 cm³/mol. The summed E-state index contributed by atoms with van der Waals surface area (Å²) in [5.74, 6) is 1.16. The molecule has 1 aromatic carbocycles. The minimum atomic E-state index is -0.0634. The van der Waals surface area contributed by atoms with Crippen molar-refractivity contribution in [2.24, 2.45) is 0 Å². The first kappa shape index (κ1) is 14.9. The molecule has 2 heterocycles. The summed E-state index contributed by atoms with van der Waals surface area (Å²) in [6.07, 6.45) is 2.04. The van der Waals surface area contributed by atoms with E-state index in [0.29, 0.717) is 5.22 Å². The lowest BCUT2D eigenvalue weighted by molar-refractivity contribution is 0.437. The molecule has 3 N–H and O–H groups in total. The Morgan fingerprint density at radius 2 is 1.88 bits per heavy atom. The van der Waals surface area contributed by atoms with Crippen LogP contribution in [-0.2, 0) is 0 Å². The fraction of sp³-hybridized carbons (Fsp3) is 0.105. The van der Waals surface area contributed by atoms with Crippen LogP contribution in [0, 0.1) is 21.0 Å². The number of aromatic nitrogens is 1. The smallest absolute Gasteiger partial charge is 0.203 e. The third-order valence-electron chi connectivity index (χ3n) is 4.26. The molecule has 0 fully saturated rings. The number of nitrogens with one attached hydrogen (secondary N) is 1. The molecule has 0 saturated heterocycles. The molecule has 5 heteroatoms. The topological polar surface area (TPSA) is 73.3 Å². The van der Waals surface area contributed by atoms with Crippen LogP contribution < -0.4 is 15.9 Å². The molecule has 0 radical (unpaired) electrons. The Hall–Kier alpha value is -2.66. The number of aromatic amines is 1. The van der Waals surface area contributed by atoms with Crippen LogP contribution in [-0.4, -0.2) is 20.9 Å². The molecule has 24 heavy (non-hydrogen) atoms. The molecule has 0 saturated carbocycles. The third-order valence-corrected chi connectivity index (χ3v) is 5.29. The molecule has 0 unspecified atom stereocenters. The van der Waals surface area contributed by atoms with Crippen LogP contribution in [0.3, 0.4) is 0 Å². The molecular weight excluding hydrogens is 322 g/mol. The lowest BCUT2D eigenvalue weighted by atomic mass is 10.1. The summed E-state index contributed by atoms with van der Waals surface area (Å²) < 4.78 is 0. The van der Waals surface area contributed by atoms with Gasteiger partial charge >= 0.3 is 0 Å². The van der Waals surface area contributed by atoms with Gasteiger partial charge in [-0.15, -0.1) is 11.8 Å². The minimum absolute atomic E-state index is 0.0634. The Kier molecular flexibility index (Phi) is 3.39. The van der Waals surface area contributed by atoms with Crippen LogP contribution in [0.2, 0.25) is 0 Å². The third kappa shape index (κ3) is 2.20. The van der Waals surface area contributed by atoms with Gasteiger partial charge < -0.3 is 15.2 Å². The van der Waals surface area contributed by atoms with Crippen LogP contribution in [0.1, 0.15) is 6.92 Å². The van der Waals surface area contributed by atoms with Gasteiger partial charge in [-0.2, -0.15) is 0 Å². The number of thioether (sulfide) groups is 1. The zero-order valence-corrected chi connectivity index (χ0v) is 13.8. The number of hydrogen-bond acceptors (Lipinski definition) is 4. The Labute approximate surface area is 140 Å². The van der Waals surface area contributed by atoms with Gasteiger partial charge in [0.25, 0.3) is 0 Å². The molecule has 1 aliphatic carbocycles. The van der Waals surface area contributed by atoms with E-state index in [1.807, 2.05) is 18.2 Å². The number of H-pyrrole nitrogens is 1. The quantitative estimate of drug-likeness (QED) is 0.583. The standard InChI is InChI=1S/C19H15NO3S/c1-10(21)11-2-4-12(5-3-11)16-15(22)7-6-14-17(16)13-8-9-24-18(13)19(23)20-14/h2-8,20-21,23H,9H2,1H3. The number of aliphatic hydroxyl groups is 1. The Morgan fingerprint density at radius 1 is 1.12 bits per heavy atom. The second kappa shape index (κ2) is 5.46. The summed E-state index contributed by atoms with van der Waals surface area (Å²) in [5, 5.41) is 24.3. The van der Waals surface area contributed by atoms with E-state index in [1.165, 1.54) is 6.07 Å². The fourth-order valence-corrected chi connectivity index (χ4v) is 4.05. The summed E-state index contributed by atoms with van der Waals surface area (Å²) in [4.78, 5) is 16.4. The fourth-order valence-electron chi connectivity index (χ4n) is 3.11. The minimum Gasteiger partial charge on any atom is -0.512 e. The second-order valence-electron chi connectivity index (χ2n) is 5.76. The number of benzene rings is 1. The molecular formula is C19H15NO3S. The molecule has 0 amide bonds. The number of hydrogen-bond donors (Lipinski definition) is 3. The largest absolute Gasteiger partial charge is 0.512 e. The van der Waals surface area contributed by atoms with Gasteiger partial charge in [-0.25, -0.2) is 0 Å². The highest BCUT2D eigenvalue weighted by Crippen LogP contribution is 2.26. The summed E-state index contributed by atoms with van der Waals surface area (Å²) in [7, 11) is 0. The van der Waals surface area contributed by atoms with E-state index < -0.39 is 0 Å². The van der Waals surface area contributed by atoms with Crippen molar-refractivity contribution in [2.45, 2.75) is 11.8 Å². The first-order chi connectivity index (χ1) is 11.6. The van der Waals surface area contributed by atoms with E-state index in [1.54, 1.807) is 36.9 Å². The average Bonchev–Trinajstić information content (AvgIpc) is 3.06. The summed E-state index contributed by atoms with van der Waals surface area (Å²) in [5.41, 5.74) is -0.0634. The molecule has 2 aliphatic heterocycles. The Morgan fingerprint density at radius 3 is 2.58 bits per heavy atom. The summed E-state index contributed by atoms with van der Waals surface area (Å²) >= 11 is 1.55.